The normalized spacial score (nSPS) is 22.2. The largest absolute Gasteiger partial charge is 0.464 e. The Kier molecular flexibility index (Phi) is 3.75. The van der Waals surface area contributed by atoms with Gasteiger partial charge in [-0.1, -0.05) is 6.07 Å². The number of pyridine rings is 2. The Labute approximate surface area is 151 Å². The van der Waals surface area contributed by atoms with E-state index in [9.17, 15) is 4.79 Å². The van der Waals surface area contributed by atoms with E-state index >= 15 is 0 Å². The minimum Gasteiger partial charge on any atom is -0.464 e. The molecule has 3 aromatic heterocycles. The van der Waals surface area contributed by atoms with E-state index in [0.29, 0.717) is 23.2 Å². The Morgan fingerprint density at radius 3 is 2.85 bits per heavy atom. The number of furan rings is 1. The van der Waals surface area contributed by atoms with Crippen LogP contribution in [0.1, 0.15) is 23.7 Å². The lowest BCUT2D eigenvalue weighted by Crippen LogP contribution is -2.47. The maximum Gasteiger partial charge on any atom is 0.261 e. The van der Waals surface area contributed by atoms with E-state index in [0.717, 1.165) is 44.0 Å². The molecule has 2 aliphatic heterocycles. The number of hydrogen-bond acceptors (Lipinski definition) is 4. The van der Waals surface area contributed by atoms with Crippen LogP contribution in [0.2, 0.25) is 0 Å². The van der Waals surface area contributed by atoms with Gasteiger partial charge in [0.2, 0.25) is 0 Å². The van der Waals surface area contributed by atoms with Crippen molar-refractivity contribution in [2.24, 2.45) is 5.92 Å². The molecule has 0 aliphatic carbocycles. The Morgan fingerprint density at radius 1 is 1.08 bits per heavy atom. The third-order valence-corrected chi connectivity index (χ3v) is 5.58. The average Bonchev–Trinajstić information content (AvgIpc) is 3.18. The van der Waals surface area contributed by atoms with Gasteiger partial charge in [0.05, 0.1) is 17.5 Å². The molecule has 2 bridgehead atoms. The molecular formula is C21H21N3O2. The molecule has 0 unspecified atom stereocenters. The molecule has 5 rings (SSSR count). The second-order valence-electron chi connectivity index (χ2n) is 7.38. The smallest absolute Gasteiger partial charge is 0.261 e. The lowest BCUT2D eigenvalue weighted by Gasteiger charge is -2.42. The van der Waals surface area contributed by atoms with E-state index in [1.807, 2.05) is 41.1 Å². The summed E-state index contributed by atoms with van der Waals surface area (Å²) in [5, 5.41) is 0. The third-order valence-electron chi connectivity index (χ3n) is 5.58. The molecule has 2 atom stereocenters. The summed E-state index contributed by atoms with van der Waals surface area (Å²) in [5.74, 6) is 1.57. The summed E-state index contributed by atoms with van der Waals surface area (Å²) >= 11 is 0. The van der Waals surface area contributed by atoms with E-state index in [1.165, 1.54) is 0 Å². The zero-order valence-corrected chi connectivity index (χ0v) is 14.5. The van der Waals surface area contributed by atoms with Crippen molar-refractivity contribution >= 4 is 0 Å². The molecule has 5 heterocycles. The van der Waals surface area contributed by atoms with E-state index in [4.69, 9.17) is 4.42 Å². The fourth-order valence-electron chi connectivity index (χ4n) is 4.51. The highest BCUT2D eigenvalue weighted by atomic mass is 16.3. The standard InChI is InChI=1S/C21H21N3O2/c25-21-18(20-5-3-9-26-20)6-7-19-16-10-15(12-24(19)21)11-23(13-16)14-17-4-1-2-8-22-17/h1-9,15-16H,10-14H2/t15-,16+/m0/s1. The Bertz CT molecular complexity index is 963. The topological polar surface area (TPSA) is 51.3 Å². The SMILES string of the molecule is O=c1c(-c2ccco2)ccc2n1C[C@H]1C[C@@H]2CN(Cc2ccccn2)C1. The van der Waals surface area contributed by atoms with Gasteiger partial charge in [-0.2, -0.15) is 0 Å². The summed E-state index contributed by atoms with van der Waals surface area (Å²) in [6.45, 7) is 3.66. The molecule has 0 saturated carbocycles. The third kappa shape index (κ3) is 2.69. The van der Waals surface area contributed by atoms with Gasteiger partial charge in [0, 0.05) is 44.0 Å². The molecule has 3 aromatic rings. The Morgan fingerprint density at radius 2 is 2.04 bits per heavy atom. The van der Waals surface area contributed by atoms with Crippen molar-refractivity contribution in [1.29, 1.82) is 0 Å². The Hall–Kier alpha value is -2.66. The zero-order valence-electron chi connectivity index (χ0n) is 14.5. The maximum atomic E-state index is 13.0. The second-order valence-corrected chi connectivity index (χ2v) is 7.38. The first-order valence-electron chi connectivity index (χ1n) is 9.18. The van der Waals surface area contributed by atoms with Crippen LogP contribution in [0.15, 0.2) is 64.1 Å². The van der Waals surface area contributed by atoms with Gasteiger partial charge >= 0.3 is 0 Å². The highest BCUT2D eigenvalue weighted by molar-refractivity contribution is 5.56. The lowest BCUT2D eigenvalue weighted by molar-refractivity contribution is 0.113. The predicted molar refractivity (Wildman–Crippen MR) is 98.8 cm³/mol. The summed E-state index contributed by atoms with van der Waals surface area (Å²) in [6, 6.07) is 13.8. The number of rotatable bonds is 3. The van der Waals surface area contributed by atoms with E-state index < -0.39 is 0 Å². The molecule has 2 aliphatic rings. The monoisotopic (exact) mass is 347 g/mol. The summed E-state index contributed by atoms with van der Waals surface area (Å²) in [4.78, 5) is 19.9. The fraction of sp³-hybridized carbons (Fsp3) is 0.333. The summed E-state index contributed by atoms with van der Waals surface area (Å²) in [5.41, 5.74) is 3.00. The number of nitrogens with zero attached hydrogens (tertiary/aromatic N) is 3. The van der Waals surface area contributed by atoms with Gasteiger partial charge in [-0.25, -0.2) is 0 Å². The average molecular weight is 347 g/mol. The number of hydrogen-bond donors (Lipinski definition) is 0. The highest BCUT2D eigenvalue weighted by Gasteiger charge is 2.35. The molecule has 132 valence electrons. The van der Waals surface area contributed by atoms with Crippen molar-refractivity contribution in [3.8, 4) is 11.3 Å². The molecule has 1 saturated heterocycles. The van der Waals surface area contributed by atoms with Crippen LogP contribution in [0.5, 0.6) is 0 Å². The summed E-state index contributed by atoms with van der Waals surface area (Å²) in [7, 11) is 0. The van der Waals surface area contributed by atoms with Crippen molar-refractivity contribution in [1.82, 2.24) is 14.5 Å². The van der Waals surface area contributed by atoms with Crippen LogP contribution >= 0.6 is 0 Å². The lowest BCUT2D eigenvalue weighted by atomic mass is 9.83. The van der Waals surface area contributed by atoms with Crippen LogP contribution < -0.4 is 5.56 Å². The molecule has 1 fully saturated rings. The number of fused-ring (bicyclic) bond motifs is 4. The van der Waals surface area contributed by atoms with Crippen molar-refractivity contribution in [3.05, 3.63) is 76.7 Å². The number of likely N-dealkylation sites (tertiary alicyclic amines) is 1. The van der Waals surface area contributed by atoms with Crippen LogP contribution in [0.25, 0.3) is 11.3 Å². The van der Waals surface area contributed by atoms with Crippen LogP contribution in [0, 0.1) is 5.92 Å². The zero-order chi connectivity index (χ0) is 17.5. The van der Waals surface area contributed by atoms with Crippen LogP contribution in [0.3, 0.4) is 0 Å². The van der Waals surface area contributed by atoms with Crippen LogP contribution in [0.4, 0.5) is 0 Å². The van der Waals surface area contributed by atoms with Crippen LogP contribution in [-0.2, 0) is 13.1 Å². The first kappa shape index (κ1) is 15.6. The van der Waals surface area contributed by atoms with Gasteiger partial charge in [0.1, 0.15) is 5.76 Å². The van der Waals surface area contributed by atoms with Crippen molar-refractivity contribution in [2.75, 3.05) is 13.1 Å². The first-order valence-corrected chi connectivity index (χ1v) is 9.18. The van der Waals surface area contributed by atoms with Crippen molar-refractivity contribution < 1.29 is 4.42 Å². The van der Waals surface area contributed by atoms with E-state index in [2.05, 4.69) is 22.0 Å². The van der Waals surface area contributed by atoms with Gasteiger partial charge in [0.15, 0.2) is 0 Å². The minimum absolute atomic E-state index is 0.0744. The minimum atomic E-state index is 0.0744. The van der Waals surface area contributed by atoms with Gasteiger partial charge < -0.3 is 8.98 Å². The molecular weight excluding hydrogens is 326 g/mol. The van der Waals surface area contributed by atoms with Gasteiger partial charge in [-0.15, -0.1) is 0 Å². The van der Waals surface area contributed by atoms with Crippen molar-refractivity contribution in [2.45, 2.75) is 25.4 Å². The predicted octanol–water partition coefficient (Wildman–Crippen LogP) is 3.12. The quantitative estimate of drug-likeness (QED) is 0.730. The van der Waals surface area contributed by atoms with E-state index in [-0.39, 0.29) is 5.56 Å². The molecule has 5 nitrogen and oxygen atoms in total. The molecule has 5 heteroatoms. The van der Waals surface area contributed by atoms with Gasteiger partial charge in [0.25, 0.3) is 5.56 Å². The first-order chi connectivity index (χ1) is 12.8. The van der Waals surface area contributed by atoms with E-state index in [1.54, 1.807) is 6.26 Å². The second kappa shape index (κ2) is 6.25. The molecule has 0 radical (unpaired) electrons. The van der Waals surface area contributed by atoms with Crippen LogP contribution in [-0.4, -0.2) is 27.5 Å². The number of piperidine rings is 1. The van der Waals surface area contributed by atoms with Crippen molar-refractivity contribution in [3.63, 3.8) is 0 Å². The fourth-order valence-corrected chi connectivity index (χ4v) is 4.51. The summed E-state index contributed by atoms with van der Waals surface area (Å²) < 4.78 is 7.42. The highest BCUT2D eigenvalue weighted by Crippen LogP contribution is 2.36. The molecule has 0 amide bonds. The molecule has 0 aromatic carbocycles. The Balaban J connectivity index is 1.44. The molecule has 0 N–H and O–H groups in total. The molecule has 26 heavy (non-hydrogen) atoms. The molecule has 0 spiro atoms. The maximum absolute atomic E-state index is 13.0. The summed E-state index contributed by atoms with van der Waals surface area (Å²) in [6.07, 6.45) is 4.63. The van der Waals surface area contributed by atoms with Gasteiger partial charge in [-0.3, -0.25) is 14.7 Å². The number of aromatic nitrogens is 2. The van der Waals surface area contributed by atoms with Gasteiger partial charge in [-0.05, 0) is 48.7 Å².